The minimum absolute atomic E-state index is 0.0253. The molecule has 0 amide bonds. The first-order valence-electron chi connectivity index (χ1n) is 9.84. The van der Waals surface area contributed by atoms with Crippen molar-refractivity contribution >= 4 is 39.1 Å². The van der Waals surface area contributed by atoms with Crippen molar-refractivity contribution < 1.29 is 36.6 Å². The molecule has 0 bridgehead atoms. The number of aromatic nitrogens is 4. The second-order valence-electron chi connectivity index (χ2n) is 7.12. The maximum atomic E-state index is 11.7. The molecule has 3 rings (SSSR count). The molecule has 0 aliphatic heterocycles. The molecule has 0 aliphatic carbocycles. The molecule has 2 heterocycles. The lowest BCUT2D eigenvalue weighted by Gasteiger charge is -2.11. The molecule has 0 spiro atoms. The fraction of sp³-hybridized carbons (Fsp3) is 0.300. The molecule has 0 saturated carbocycles. The summed E-state index contributed by atoms with van der Waals surface area (Å²) in [4.78, 5) is 17.7. The Morgan fingerprint density at radius 2 is 1.83 bits per heavy atom. The van der Waals surface area contributed by atoms with E-state index in [1.165, 1.54) is 12.1 Å². The summed E-state index contributed by atoms with van der Waals surface area (Å²) in [6, 6.07) is 8.17. The number of hydrogen-bond donors (Lipinski definition) is 4. The van der Waals surface area contributed by atoms with Crippen LogP contribution in [-0.2, 0) is 21.2 Å². The minimum atomic E-state index is -5.08. The van der Waals surface area contributed by atoms with Crippen LogP contribution in [0.25, 0.3) is 0 Å². The fourth-order valence-electron chi connectivity index (χ4n) is 2.63. The molecular formula is C20H23F3N6O5S. The molecule has 0 radical (unpaired) electrons. The van der Waals surface area contributed by atoms with Crippen molar-refractivity contribution in [3.63, 3.8) is 0 Å². The second kappa shape index (κ2) is 11.1. The Labute approximate surface area is 198 Å². The Kier molecular flexibility index (Phi) is 8.76. The van der Waals surface area contributed by atoms with Gasteiger partial charge in [-0.3, -0.25) is 0 Å². The number of carboxylic acids is 1. The van der Waals surface area contributed by atoms with Crippen molar-refractivity contribution in [1.29, 1.82) is 0 Å². The molecule has 11 nitrogen and oxygen atoms in total. The maximum absolute atomic E-state index is 11.7. The summed E-state index contributed by atoms with van der Waals surface area (Å²) in [5.74, 6) is -1.15. The predicted molar refractivity (Wildman–Crippen MR) is 121 cm³/mol. The second-order valence-corrected chi connectivity index (χ2v) is 9.14. The van der Waals surface area contributed by atoms with Crippen molar-refractivity contribution in [2.45, 2.75) is 31.5 Å². The highest BCUT2D eigenvalue weighted by atomic mass is 32.2. The van der Waals surface area contributed by atoms with Gasteiger partial charge in [0.05, 0.1) is 23.7 Å². The summed E-state index contributed by atoms with van der Waals surface area (Å²) in [6.07, 6.45) is -2.33. The van der Waals surface area contributed by atoms with E-state index < -0.39 is 22.0 Å². The van der Waals surface area contributed by atoms with Crippen LogP contribution in [0.15, 0.2) is 41.4 Å². The zero-order valence-corrected chi connectivity index (χ0v) is 19.6. The van der Waals surface area contributed by atoms with E-state index in [4.69, 9.17) is 9.90 Å². The van der Waals surface area contributed by atoms with Gasteiger partial charge >= 0.3 is 12.1 Å². The Hall–Kier alpha value is -3.72. The molecule has 2 aromatic heterocycles. The van der Waals surface area contributed by atoms with E-state index in [-0.39, 0.29) is 11.5 Å². The maximum Gasteiger partial charge on any atom is 0.490 e. The van der Waals surface area contributed by atoms with Crippen molar-refractivity contribution in [3.05, 3.63) is 47.8 Å². The van der Waals surface area contributed by atoms with Crippen molar-refractivity contribution in [3.8, 4) is 0 Å². The number of rotatable bonds is 7. The van der Waals surface area contributed by atoms with E-state index in [1.54, 1.807) is 29.1 Å². The third-order valence-electron chi connectivity index (χ3n) is 4.40. The van der Waals surface area contributed by atoms with E-state index in [1.807, 2.05) is 13.8 Å². The third kappa shape index (κ3) is 7.92. The molecule has 1 aromatic carbocycles. The lowest BCUT2D eigenvalue weighted by Crippen LogP contribution is -2.21. The number of alkyl halides is 3. The lowest BCUT2D eigenvalue weighted by molar-refractivity contribution is -0.192. The number of aryl methyl sites for hydroxylation is 1. The molecule has 3 aromatic rings. The number of aliphatic hydroxyl groups excluding tert-OH is 1. The summed E-state index contributed by atoms with van der Waals surface area (Å²) in [5, 5.41) is 27.0. The van der Waals surface area contributed by atoms with Gasteiger partial charge in [0.25, 0.3) is 0 Å². The van der Waals surface area contributed by atoms with Crippen molar-refractivity contribution in [2.24, 2.45) is 0 Å². The lowest BCUT2D eigenvalue weighted by atomic mass is 10.3. The molecule has 0 atom stereocenters. The summed E-state index contributed by atoms with van der Waals surface area (Å²) in [6.45, 7) is 4.18. The van der Waals surface area contributed by atoms with Crippen LogP contribution < -0.4 is 10.6 Å². The first-order valence-corrected chi connectivity index (χ1v) is 11.7. The molecule has 15 heteroatoms. The van der Waals surface area contributed by atoms with Gasteiger partial charge in [-0.15, -0.1) is 0 Å². The monoisotopic (exact) mass is 516 g/mol. The number of aliphatic hydroxyl groups is 1. The Balaban J connectivity index is 0.000000540. The molecular weight excluding hydrogens is 493 g/mol. The van der Waals surface area contributed by atoms with Gasteiger partial charge in [-0.05, 0) is 38.1 Å². The van der Waals surface area contributed by atoms with Crippen LogP contribution in [0.3, 0.4) is 0 Å². The van der Waals surface area contributed by atoms with Gasteiger partial charge in [-0.25, -0.2) is 22.9 Å². The van der Waals surface area contributed by atoms with Gasteiger partial charge in [0.1, 0.15) is 11.6 Å². The highest BCUT2D eigenvalue weighted by Gasteiger charge is 2.38. The molecule has 4 N–H and O–H groups in total. The van der Waals surface area contributed by atoms with Gasteiger partial charge in [-0.1, -0.05) is 6.07 Å². The number of carbonyl (C=O) groups is 1. The van der Waals surface area contributed by atoms with Crippen LogP contribution in [0, 0.1) is 13.8 Å². The van der Waals surface area contributed by atoms with Crippen LogP contribution in [0.2, 0.25) is 0 Å². The molecule has 0 aliphatic rings. The van der Waals surface area contributed by atoms with E-state index >= 15 is 0 Å². The smallest absolute Gasteiger partial charge is 0.475 e. The average Bonchev–Trinajstić information content (AvgIpc) is 3.01. The highest BCUT2D eigenvalue weighted by molar-refractivity contribution is 7.90. The number of halogens is 3. The van der Waals surface area contributed by atoms with Crippen LogP contribution >= 0.6 is 0 Å². The minimum Gasteiger partial charge on any atom is -0.475 e. The highest BCUT2D eigenvalue weighted by Crippen LogP contribution is 2.23. The number of nitrogens with zero attached hydrogens (tertiary/aromatic N) is 4. The Bertz CT molecular complexity index is 1290. The van der Waals surface area contributed by atoms with Crippen molar-refractivity contribution in [1.82, 2.24) is 19.7 Å². The molecule has 0 fully saturated rings. The fourth-order valence-corrected chi connectivity index (χ4v) is 3.30. The zero-order valence-electron chi connectivity index (χ0n) is 18.8. The number of hydrogen-bond acceptors (Lipinski definition) is 9. The van der Waals surface area contributed by atoms with Gasteiger partial charge < -0.3 is 20.8 Å². The number of nitrogens with one attached hydrogen (secondary N) is 2. The van der Waals surface area contributed by atoms with Crippen molar-refractivity contribution in [2.75, 3.05) is 23.5 Å². The van der Waals surface area contributed by atoms with Gasteiger partial charge in [0, 0.05) is 23.7 Å². The Morgan fingerprint density at radius 1 is 1.17 bits per heavy atom. The number of benzene rings is 1. The molecule has 35 heavy (non-hydrogen) atoms. The largest absolute Gasteiger partial charge is 0.490 e. The third-order valence-corrected chi connectivity index (χ3v) is 5.51. The molecule has 0 unspecified atom stereocenters. The van der Waals surface area contributed by atoms with Gasteiger partial charge in [0.15, 0.2) is 9.84 Å². The standard InChI is InChI=1S/C18H22N6O3S.C2HF3O2/c1-12-13(2)23-24(9-10-25)17(12)21-16-7-8-19-18(22-16)20-14-5-4-6-15(11-14)28(3,26)27;3-2(4,5)1(6)7/h4-8,11,25H,9-10H2,1-3H3,(H2,19,20,21,22);(H,6,7). The number of sulfone groups is 1. The van der Waals surface area contributed by atoms with Gasteiger partial charge in [-0.2, -0.15) is 23.3 Å². The zero-order chi connectivity index (χ0) is 26.4. The van der Waals surface area contributed by atoms with Crippen LogP contribution in [-0.4, -0.2) is 63.4 Å². The van der Waals surface area contributed by atoms with Crippen LogP contribution in [0.1, 0.15) is 11.3 Å². The average molecular weight is 517 g/mol. The summed E-state index contributed by atoms with van der Waals surface area (Å²) < 4.78 is 56.9. The van der Waals surface area contributed by atoms with E-state index in [0.717, 1.165) is 23.3 Å². The molecule has 0 saturated heterocycles. The van der Waals surface area contributed by atoms with E-state index in [9.17, 15) is 26.7 Å². The summed E-state index contributed by atoms with van der Waals surface area (Å²) in [7, 11) is -3.30. The molecule has 190 valence electrons. The van der Waals surface area contributed by atoms with Gasteiger partial charge in [0.2, 0.25) is 5.95 Å². The van der Waals surface area contributed by atoms with E-state index in [2.05, 4.69) is 25.7 Å². The van der Waals surface area contributed by atoms with Crippen LogP contribution in [0.5, 0.6) is 0 Å². The predicted octanol–water partition coefficient (Wildman–Crippen LogP) is 2.81. The summed E-state index contributed by atoms with van der Waals surface area (Å²) in [5.41, 5.74) is 2.39. The topological polar surface area (TPSA) is 159 Å². The SMILES string of the molecule is Cc1nn(CCO)c(Nc2ccnc(Nc3cccc(S(C)(=O)=O)c3)n2)c1C.O=C(O)C(F)(F)F. The number of carboxylic acid groups (broad SMARTS) is 1. The normalized spacial score (nSPS) is 11.4. The number of aliphatic carboxylic acids is 1. The summed E-state index contributed by atoms with van der Waals surface area (Å²) >= 11 is 0. The Morgan fingerprint density at radius 3 is 2.40 bits per heavy atom. The quantitative estimate of drug-likeness (QED) is 0.368. The van der Waals surface area contributed by atoms with Crippen LogP contribution in [0.4, 0.5) is 36.4 Å². The first kappa shape index (κ1) is 27.5. The number of anilines is 4. The van der Waals surface area contributed by atoms with E-state index in [0.29, 0.717) is 24.0 Å². The first-order chi connectivity index (χ1) is 16.2.